The molecule has 0 aliphatic heterocycles. The van der Waals surface area contributed by atoms with E-state index in [1.54, 1.807) is 12.1 Å². The van der Waals surface area contributed by atoms with Gasteiger partial charge in [0.25, 0.3) is 5.91 Å². The Labute approximate surface area is 96.0 Å². The van der Waals surface area contributed by atoms with Gasteiger partial charge in [-0.2, -0.15) is 0 Å². The summed E-state index contributed by atoms with van der Waals surface area (Å²) >= 11 is 0. The summed E-state index contributed by atoms with van der Waals surface area (Å²) in [5.74, 6) is -3.55. The lowest BCUT2D eigenvalue weighted by molar-refractivity contribution is -0.159. The van der Waals surface area contributed by atoms with E-state index in [1.807, 2.05) is 0 Å². The van der Waals surface area contributed by atoms with Crippen molar-refractivity contribution in [1.82, 2.24) is 5.32 Å². The van der Waals surface area contributed by atoms with E-state index >= 15 is 0 Å². The Morgan fingerprint density at radius 2 is 1.88 bits per heavy atom. The molecule has 1 rings (SSSR count). The van der Waals surface area contributed by atoms with Crippen LogP contribution in [0, 0.1) is 0 Å². The number of carboxylic acid groups (broad SMARTS) is 2. The van der Waals surface area contributed by atoms with Crippen molar-refractivity contribution in [2.75, 3.05) is 13.1 Å². The van der Waals surface area contributed by atoms with Crippen LogP contribution in [0.25, 0.3) is 0 Å². The van der Waals surface area contributed by atoms with E-state index in [0.717, 1.165) is 0 Å². The smallest absolute Gasteiger partial charge is 0.414 e. The maximum absolute atomic E-state index is 11.0. The van der Waals surface area contributed by atoms with Crippen LogP contribution in [0.1, 0.15) is 10.6 Å². The van der Waals surface area contributed by atoms with E-state index in [9.17, 15) is 4.79 Å². The fraction of sp³-hybridized carbons (Fsp3) is 0.222. The second kappa shape index (κ2) is 7.88. The van der Waals surface area contributed by atoms with Gasteiger partial charge in [-0.3, -0.25) is 4.79 Å². The molecule has 1 aromatic rings. The monoisotopic (exact) mass is 244 g/mol. The van der Waals surface area contributed by atoms with Crippen LogP contribution >= 0.6 is 0 Å². The number of furan rings is 1. The summed E-state index contributed by atoms with van der Waals surface area (Å²) in [4.78, 5) is 29.2. The van der Waals surface area contributed by atoms with Crippen molar-refractivity contribution in [2.24, 2.45) is 5.73 Å². The molecule has 0 fully saturated rings. The molecule has 8 heteroatoms. The minimum Gasteiger partial charge on any atom is -0.473 e. The average molecular weight is 244 g/mol. The number of rotatable bonds is 3. The van der Waals surface area contributed by atoms with Gasteiger partial charge < -0.3 is 25.7 Å². The topological polar surface area (TPSA) is 143 Å². The molecule has 0 spiro atoms. The highest BCUT2D eigenvalue weighted by molar-refractivity contribution is 6.27. The maximum atomic E-state index is 11.0. The first kappa shape index (κ1) is 14.7. The van der Waals surface area contributed by atoms with Crippen molar-refractivity contribution in [3.05, 3.63) is 24.2 Å². The van der Waals surface area contributed by atoms with Gasteiger partial charge in [-0.05, 0) is 12.1 Å². The molecule has 0 aliphatic carbocycles. The predicted octanol–water partition coefficient (Wildman–Crippen LogP) is -0.876. The number of amides is 1. The van der Waals surface area contributed by atoms with Gasteiger partial charge in [0.05, 0.1) is 6.26 Å². The lowest BCUT2D eigenvalue weighted by Crippen LogP contribution is -2.28. The Morgan fingerprint density at radius 3 is 2.24 bits per heavy atom. The van der Waals surface area contributed by atoms with Crippen LogP contribution in [0.2, 0.25) is 0 Å². The van der Waals surface area contributed by atoms with Crippen molar-refractivity contribution in [1.29, 1.82) is 0 Å². The third-order valence-corrected chi connectivity index (χ3v) is 1.36. The van der Waals surface area contributed by atoms with Gasteiger partial charge in [-0.1, -0.05) is 0 Å². The van der Waals surface area contributed by atoms with E-state index in [1.165, 1.54) is 6.26 Å². The van der Waals surface area contributed by atoms with Crippen LogP contribution in [0.4, 0.5) is 0 Å². The first-order valence-corrected chi connectivity index (χ1v) is 4.47. The molecule has 17 heavy (non-hydrogen) atoms. The lowest BCUT2D eigenvalue weighted by Gasteiger charge is -1.98. The molecule has 1 heterocycles. The van der Waals surface area contributed by atoms with Gasteiger partial charge in [-0.15, -0.1) is 0 Å². The van der Waals surface area contributed by atoms with E-state index in [0.29, 0.717) is 18.8 Å². The van der Waals surface area contributed by atoms with Crippen molar-refractivity contribution < 1.29 is 29.0 Å². The standard InChI is InChI=1S/C7H10N2O2.C2H2O4/c8-3-4-9-7(10)6-2-1-5-11-6;3-1(4)2(5)6/h1-2,5H,3-4,8H2,(H,9,10);(H,3,4)(H,5,6). The van der Waals surface area contributed by atoms with E-state index in [2.05, 4.69) is 5.32 Å². The minimum absolute atomic E-state index is 0.222. The van der Waals surface area contributed by atoms with Gasteiger partial charge >= 0.3 is 11.9 Å². The number of hydrogen-bond donors (Lipinski definition) is 4. The third-order valence-electron chi connectivity index (χ3n) is 1.36. The van der Waals surface area contributed by atoms with Gasteiger partial charge in [0.15, 0.2) is 5.76 Å². The summed E-state index contributed by atoms with van der Waals surface area (Å²) in [5.41, 5.74) is 5.18. The number of aliphatic carboxylic acids is 2. The number of nitrogens with one attached hydrogen (secondary N) is 1. The molecular weight excluding hydrogens is 232 g/mol. The molecule has 8 nitrogen and oxygen atoms in total. The zero-order chi connectivity index (χ0) is 13.3. The average Bonchev–Trinajstić information content (AvgIpc) is 2.80. The zero-order valence-electron chi connectivity index (χ0n) is 8.75. The van der Waals surface area contributed by atoms with E-state index in [-0.39, 0.29) is 5.91 Å². The second-order valence-electron chi connectivity index (χ2n) is 2.63. The largest absolute Gasteiger partial charge is 0.473 e. The van der Waals surface area contributed by atoms with Crippen molar-refractivity contribution >= 4 is 17.8 Å². The van der Waals surface area contributed by atoms with Gasteiger partial charge in [-0.25, -0.2) is 9.59 Å². The summed E-state index contributed by atoms with van der Waals surface area (Å²) in [6.07, 6.45) is 1.46. The Morgan fingerprint density at radius 1 is 1.29 bits per heavy atom. The Balaban J connectivity index is 0.000000366. The number of carbonyl (C=O) groups excluding carboxylic acids is 1. The molecule has 0 aromatic carbocycles. The quantitative estimate of drug-likeness (QED) is 0.505. The third kappa shape index (κ3) is 6.68. The highest BCUT2D eigenvalue weighted by Gasteiger charge is 2.05. The van der Waals surface area contributed by atoms with E-state index < -0.39 is 11.9 Å². The van der Waals surface area contributed by atoms with Gasteiger partial charge in [0.1, 0.15) is 0 Å². The van der Waals surface area contributed by atoms with Gasteiger partial charge in [0.2, 0.25) is 0 Å². The number of nitrogens with two attached hydrogens (primary N) is 1. The molecule has 1 aromatic heterocycles. The number of hydrogen-bond acceptors (Lipinski definition) is 5. The predicted molar refractivity (Wildman–Crippen MR) is 55.4 cm³/mol. The molecule has 0 saturated heterocycles. The first-order valence-electron chi connectivity index (χ1n) is 4.47. The van der Waals surface area contributed by atoms with Crippen LogP contribution in [0.3, 0.4) is 0 Å². The Kier molecular flexibility index (Phi) is 6.79. The lowest BCUT2D eigenvalue weighted by atomic mass is 10.4. The molecule has 0 atom stereocenters. The number of carboxylic acids is 2. The van der Waals surface area contributed by atoms with Crippen LogP contribution in [-0.2, 0) is 9.59 Å². The first-order chi connectivity index (χ1) is 7.99. The molecule has 0 bridgehead atoms. The SMILES string of the molecule is NCCNC(=O)c1ccco1.O=C(O)C(=O)O. The van der Waals surface area contributed by atoms with Crippen LogP contribution in [0.15, 0.2) is 22.8 Å². The fourth-order valence-electron chi connectivity index (χ4n) is 0.681. The van der Waals surface area contributed by atoms with Gasteiger partial charge in [0, 0.05) is 13.1 Å². The highest BCUT2D eigenvalue weighted by Crippen LogP contribution is 1.98. The molecule has 1 amide bonds. The summed E-state index contributed by atoms with van der Waals surface area (Å²) in [6.45, 7) is 0.909. The Hall–Kier alpha value is -2.35. The summed E-state index contributed by atoms with van der Waals surface area (Å²) < 4.78 is 4.84. The van der Waals surface area contributed by atoms with E-state index in [4.69, 9.17) is 30.0 Å². The molecule has 5 N–H and O–H groups in total. The Bertz CT molecular complexity index is 361. The minimum atomic E-state index is -1.82. The fourth-order valence-corrected chi connectivity index (χ4v) is 0.681. The van der Waals surface area contributed by atoms with Crippen molar-refractivity contribution in [3.8, 4) is 0 Å². The highest BCUT2D eigenvalue weighted by atomic mass is 16.4. The zero-order valence-corrected chi connectivity index (χ0v) is 8.75. The van der Waals surface area contributed by atoms with Crippen molar-refractivity contribution in [3.63, 3.8) is 0 Å². The maximum Gasteiger partial charge on any atom is 0.414 e. The summed E-state index contributed by atoms with van der Waals surface area (Å²) in [7, 11) is 0. The van der Waals surface area contributed by atoms with Crippen LogP contribution in [-0.4, -0.2) is 41.1 Å². The molecular formula is C9H12N2O6. The molecule has 0 aliphatic rings. The molecule has 94 valence electrons. The van der Waals surface area contributed by atoms with Crippen LogP contribution in [0.5, 0.6) is 0 Å². The summed E-state index contributed by atoms with van der Waals surface area (Å²) in [6, 6.07) is 3.27. The second-order valence-corrected chi connectivity index (χ2v) is 2.63. The molecule has 0 saturated carbocycles. The summed E-state index contributed by atoms with van der Waals surface area (Å²) in [5, 5.41) is 17.4. The normalized spacial score (nSPS) is 8.76. The number of carbonyl (C=O) groups is 3. The van der Waals surface area contributed by atoms with Crippen LogP contribution < -0.4 is 11.1 Å². The molecule has 0 radical (unpaired) electrons. The van der Waals surface area contributed by atoms with Crippen molar-refractivity contribution in [2.45, 2.75) is 0 Å². The molecule has 0 unspecified atom stereocenters.